The number of benzene rings is 2. The second kappa shape index (κ2) is 10.2. The van der Waals surface area contributed by atoms with Crippen LogP contribution in [0.3, 0.4) is 0 Å². The van der Waals surface area contributed by atoms with Crippen molar-refractivity contribution in [3.63, 3.8) is 0 Å². The molecule has 0 aliphatic carbocycles. The molecule has 0 unspecified atom stereocenters. The Hall–Kier alpha value is -3.44. The summed E-state index contributed by atoms with van der Waals surface area (Å²) in [7, 11) is -3.97. The van der Waals surface area contributed by atoms with Crippen molar-refractivity contribution in [3.8, 4) is 5.75 Å². The van der Waals surface area contributed by atoms with Gasteiger partial charge in [-0.25, -0.2) is 22.8 Å². The summed E-state index contributed by atoms with van der Waals surface area (Å²) in [6.07, 6.45) is 0. The molecular formula is C23H26FN5O4S. The highest BCUT2D eigenvalue weighted by atomic mass is 32.2. The summed E-state index contributed by atoms with van der Waals surface area (Å²) >= 11 is 0. The molecule has 0 spiro atoms. The zero-order chi connectivity index (χ0) is 24.1. The van der Waals surface area contributed by atoms with E-state index in [1.807, 2.05) is 13.0 Å². The predicted octanol–water partition coefficient (Wildman–Crippen LogP) is 3.70. The van der Waals surface area contributed by atoms with Crippen LogP contribution in [0, 0.1) is 12.7 Å². The third-order valence-electron chi connectivity index (χ3n) is 5.08. The van der Waals surface area contributed by atoms with E-state index in [1.54, 1.807) is 31.2 Å². The van der Waals surface area contributed by atoms with Crippen molar-refractivity contribution in [3.05, 3.63) is 60.2 Å². The Balaban J connectivity index is 1.45. The summed E-state index contributed by atoms with van der Waals surface area (Å²) in [5.41, 5.74) is 1.06. The van der Waals surface area contributed by atoms with E-state index >= 15 is 0 Å². The number of aromatic nitrogens is 2. The highest BCUT2D eigenvalue weighted by molar-refractivity contribution is 7.92. The van der Waals surface area contributed by atoms with Crippen LogP contribution in [0.25, 0.3) is 0 Å². The number of hydrogen-bond donors (Lipinski definition) is 2. The minimum absolute atomic E-state index is 0.00798. The van der Waals surface area contributed by atoms with Gasteiger partial charge in [0.2, 0.25) is 0 Å². The van der Waals surface area contributed by atoms with Crippen LogP contribution in [0.2, 0.25) is 0 Å². The van der Waals surface area contributed by atoms with Crippen LogP contribution in [0.4, 0.5) is 27.4 Å². The molecule has 1 aliphatic heterocycles. The molecule has 1 aliphatic rings. The Kier molecular flexibility index (Phi) is 7.13. The van der Waals surface area contributed by atoms with Gasteiger partial charge in [-0.2, -0.15) is 0 Å². The van der Waals surface area contributed by atoms with E-state index in [9.17, 15) is 12.8 Å². The molecule has 9 nitrogen and oxygen atoms in total. The van der Waals surface area contributed by atoms with Gasteiger partial charge < -0.3 is 19.7 Å². The number of ether oxygens (including phenoxy) is 2. The smallest absolute Gasteiger partial charge is 0.262 e. The normalized spacial score (nSPS) is 14.0. The number of rotatable bonds is 8. The molecule has 4 rings (SSSR count). The first-order valence-electron chi connectivity index (χ1n) is 10.8. The fraction of sp³-hybridized carbons (Fsp3) is 0.304. The summed E-state index contributed by atoms with van der Waals surface area (Å²) in [5.74, 6) is 1.37. The molecule has 0 radical (unpaired) electrons. The number of sulfonamides is 1. The summed E-state index contributed by atoms with van der Waals surface area (Å²) in [6, 6.07) is 12.1. The second-order valence-electron chi connectivity index (χ2n) is 7.59. The standard InChI is InChI=1S/C23H26FN5O4S/c1-3-33-21-9-8-19(14-20(21)24)34(30,31)28-18-6-4-17(5-7-18)27-22-15-23(26-16(2)25-22)29-10-12-32-13-11-29/h4-9,14-15,28H,3,10-13H2,1-2H3,(H,25,26,27). The Labute approximate surface area is 198 Å². The molecule has 0 saturated carbocycles. The quantitative estimate of drug-likeness (QED) is 0.496. The number of hydrogen-bond acceptors (Lipinski definition) is 8. The maximum Gasteiger partial charge on any atom is 0.262 e. The van der Waals surface area contributed by atoms with Crippen LogP contribution < -0.4 is 19.7 Å². The monoisotopic (exact) mass is 487 g/mol. The maximum atomic E-state index is 14.1. The van der Waals surface area contributed by atoms with Gasteiger partial charge in [-0.05, 0) is 56.3 Å². The Morgan fingerprint density at radius 2 is 1.76 bits per heavy atom. The minimum atomic E-state index is -3.97. The van der Waals surface area contributed by atoms with Gasteiger partial charge in [0.25, 0.3) is 10.0 Å². The van der Waals surface area contributed by atoms with Crippen LogP contribution in [0.15, 0.2) is 53.4 Å². The highest BCUT2D eigenvalue weighted by Gasteiger charge is 2.18. The molecule has 34 heavy (non-hydrogen) atoms. The molecule has 2 aromatic carbocycles. The average molecular weight is 488 g/mol. The molecule has 0 bridgehead atoms. The van der Waals surface area contributed by atoms with Crippen LogP contribution >= 0.6 is 0 Å². The van der Waals surface area contributed by atoms with Gasteiger partial charge in [0.1, 0.15) is 17.5 Å². The minimum Gasteiger partial charge on any atom is -0.491 e. The van der Waals surface area contributed by atoms with E-state index in [0.717, 1.165) is 30.7 Å². The van der Waals surface area contributed by atoms with Crippen molar-refractivity contribution in [2.24, 2.45) is 0 Å². The third kappa shape index (κ3) is 5.72. The van der Waals surface area contributed by atoms with Gasteiger partial charge in [-0.1, -0.05) is 0 Å². The number of aryl methyl sites for hydroxylation is 1. The summed E-state index contributed by atoms with van der Waals surface area (Å²) in [5, 5.41) is 3.22. The predicted molar refractivity (Wildman–Crippen MR) is 128 cm³/mol. The largest absolute Gasteiger partial charge is 0.491 e. The first-order chi connectivity index (χ1) is 16.3. The van der Waals surface area contributed by atoms with Crippen molar-refractivity contribution in [1.29, 1.82) is 0 Å². The van der Waals surface area contributed by atoms with E-state index in [4.69, 9.17) is 9.47 Å². The molecule has 1 fully saturated rings. The molecule has 11 heteroatoms. The van der Waals surface area contributed by atoms with Gasteiger partial charge in [0, 0.05) is 30.5 Å². The lowest BCUT2D eigenvalue weighted by atomic mass is 10.3. The summed E-state index contributed by atoms with van der Waals surface area (Å²) in [6.45, 7) is 6.69. The first-order valence-corrected chi connectivity index (χ1v) is 12.3. The van der Waals surface area contributed by atoms with Crippen LogP contribution in [0.5, 0.6) is 5.75 Å². The van der Waals surface area contributed by atoms with Crippen LogP contribution in [-0.2, 0) is 14.8 Å². The SMILES string of the molecule is CCOc1ccc(S(=O)(=O)Nc2ccc(Nc3cc(N4CCOCC4)nc(C)n3)cc2)cc1F. The van der Waals surface area contributed by atoms with Crippen molar-refractivity contribution in [2.45, 2.75) is 18.7 Å². The lowest BCUT2D eigenvalue weighted by Gasteiger charge is -2.28. The average Bonchev–Trinajstić information content (AvgIpc) is 2.82. The Morgan fingerprint density at radius 3 is 2.44 bits per heavy atom. The van der Waals surface area contributed by atoms with E-state index in [-0.39, 0.29) is 17.3 Å². The van der Waals surface area contributed by atoms with E-state index in [0.29, 0.717) is 30.5 Å². The number of halogens is 1. The molecule has 0 atom stereocenters. The molecule has 0 amide bonds. The fourth-order valence-corrected chi connectivity index (χ4v) is 4.55. The lowest BCUT2D eigenvalue weighted by molar-refractivity contribution is 0.122. The Morgan fingerprint density at radius 1 is 1.06 bits per heavy atom. The van der Waals surface area contributed by atoms with E-state index in [2.05, 4.69) is 24.9 Å². The zero-order valence-electron chi connectivity index (χ0n) is 18.9. The molecule has 3 aromatic rings. The van der Waals surface area contributed by atoms with Gasteiger partial charge >= 0.3 is 0 Å². The molecular weight excluding hydrogens is 461 g/mol. The summed E-state index contributed by atoms with van der Waals surface area (Å²) in [4.78, 5) is 10.9. The van der Waals surface area contributed by atoms with E-state index < -0.39 is 15.8 Å². The maximum absolute atomic E-state index is 14.1. The zero-order valence-corrected chi connectivity index (χ0v) is 19.7. The van der Waals surface area contributed by atoms with Crippen LogP contribution in [-0.4, -0.2) is 51.3 Å². The van der Waals surface area contributed by atoms with Crippen molar-refractivity contribution in [2.75, 3.05) is 47.8 Å². The number of nitrogens with zero attached hydrogens (tertiary/aromatic N) is 3. The summed E-state index contributed by atoms with van der Waals surface area (Å²) < 4.78 is 52.4. The van der Waals surface area contributed by atoms with Gasteiger partial charge in [0.05, 0.1) is 24.7 Å². The molecule has 180 valence electrons. The van der Waals surface area contributed by atoms with Crippen molar-refractivity contribution in [1.82, 2.24) is 9.97 Å². The third-order valence-corrected chi connectivity index (χ3v) is 6.46. The topological polar surface area (TPSA) is 106 Å². The Bertz CT molecular complexity index is 1250. The molecule has 2 N–H and O–H groups in total. The highest BCUT2D eigenvalue weighted by Crippen LogP contribution is 2.25. The fourth-order valence-electron chi connectivity index (χ4n) is 3.48. The molecule has 1 saturated heterocycles. The van der Waals surface area contributed by atoms with Gasteiger partial charge in [0.15, 0.2) is 11.6 Å². The lowest BCUT2D eigenvalue weighted by Crippen LogP contribution is -2.36. The van der Waals surface area contributed by atoms with Gasteiger partial charge in [-0.3, -0.25) is 4.72 Å². The van der Waals surface area contributed by atoms with Crippen molar-refractivity contribution < 1.29 is 22.3 Å². The number of morpholine rings is 1. The first kappa shape index (κ1) is 23.7. The molecule has 2 heterocycles. The number of anilines is 4. The molecule has 1 aromatic heterocycles. The second-order valence-corrected chi connectivity index (χ2v) is 9.27. The van der Waals surface area contributed by atoms with Crippen molar-refractivity contribution >= 4 is 33.0 Å². The van der Waals surface area contributed by atoms with E-state index in [1.165, 1.54) is 12.1 Å². The van der Waals surface area contributed by atoms with Crippen LogP contribution in [0.1, 0.15) is 12.7 Å². The number of nitrogens with one attached hydrogen (secondary N) is 2. The van der Waals surface area contributed by atoms with Gasteiger partial charge in [-0.15, -0.1) is 0 Å².